The topological polar surface area (TPSA) is 56.2 Å². The van der Waals surface area contributed by atoms with Crippen LogP contribution in [0.1, 0.15) is 16.3 Å². The van der Waals surface area contributed by atoms with E-state index in [1.807, 2.05) is 0 Å². The summed E-state index contributed by atoms with van der Waals surface area (Å²) in [6.45, 7) is 0. The minimum Gasteiger partial charge on any atom is -0.446 e. The van der Waals surface area contributed by atoms with Crippen LogP contribution in [0.2, 0.25) is 0 Å². The quantitative estimate of drug-likeness (QED) is 0.708. The third-order valence-corrected chi connectivity index (χ3v) is 1.13. The number of hydrogen-bond donors (Lipinski definition) is 1. The molecule has 1 aromatic rings. The molecule has 12 heavy (non-hydrogen) atoms. The van der Waals surface area contributed by atoms with Gasteiger partial charge in [-0.2, -0.15) is 13.2 Å². The summed E-state index contributed by atoms with van der Waals surface area (Å²) in [5.41, 5.74) is 4.67. The summed E-state index contributed by atoms with van der Waals surface area (Å²) in [5.74, 6) is -2.75. The van der Waals surface area contributed by atoms with E-state index in [2.05, 4.69) is 10.2 Å². The molecule has 66 valence electrons. The lowest BCUT2D eigenvalue weighted by molar-refractivity contribution is -0.153. The zero-order valence-electron chi connectivity index (χ0n) is 5.68. The van der Waals surface area contributed by atoms with E-state index in [-0.39, 0.29) is 0 Å². The number of amides is 1. The van der Waals surface area contributed by atoms with E-state index < -0.39 is 23.6 Å². The van der Waals surface area contributed by atoms with Gasteiger partial charge in [0.2, 0.25) is 5.76 Å². The van der Waals surface area contributed by atoms with E-state index in [1.165, 1.54) is 0 Å². The van der Waals surface area contributed by atoms with Gasteiger partial charge in [0.25, 0.3) is 5.91 Å². The Balaban J connectivity index is 3.00. The summed E-state index contributed by atoms with van der Waals surface area (Å²) in [5, 5.41) is 0. The largest absolute Gasteiger partial charge is 0.449 e. The van der Waals surface area contributed by atoms with Gasteiger partial charge in [-0.05, 0) is 12.1 Å². The van der Waals surface area contributed by atoms with E-state index >= 15 is 0 Å². The Morgan fingerprint density at radius 2 is 2.00 bits per heavy atom. The average molecular weight is 179 g/mol. The van der Waals surface area contributed by atoms with Gasteiger partial charge < -0.3 is 10.2 Å². The summed E-state index contributed by atoms with van der Waals surface area (Å²) in [4.78, 5) is 10.3. The van der Waals surface area contributed by atoms with Crippen LogP contribution in [0.25, 0.3) is 0 Å². The Hall–Kier alpha value is -1.46. The number of carbonyl (C=O) groups is 1. The van der Waals surface area contributed by atoms with Gasteiger partial charge in [-0.25, -0.2) is 0 Å². The highest BCUT2D eigenvalue weighted by Crippen LogP contribution is 2.30. The molecular formula is C6H4F3NO2. The summed E-state index contributed by atoms with van der Waals surface area (Å²) in [6.07, 6.45) is -4.58. The van der Waals surface area contributed by atoms with Crippen molar-refractivity contribution < 1.29 is 22.4 Å². The monoisotopic (exact) mass is 179 g/mol. The first-order chi connectivity index (χ1) is 5.41. The third kappa shape index (κ3) is 1.58. The molecule has 0 bridgehead atoms. The minimum absolute atomic E-state index is 0.498. The van der Waals surface area contributed by atoms with Crippen molar-refractivity contribution in [3.05, 3.63) is 23.7 Å². The van der Waals surface area contributed by atoms with Crippen molar-refractivity contribution in [3.8, 4) is 0 Å². The van der Waals surface area contributed by atoms with Crippen LogP contribution >= 0.6 is 0 Å². The second-order valence-electron chi connectivity index (χ2n) is 2.03. The maximum atomic E-state index is 11.8. The second kappa shape index (κ2) is 2.54. The second-order valence-corrected chi connectivity index (χ2v) is 2.03. The van der Waals surface area contributed by atoms with Gasteiger partial charge in [-0.1, -0.05) is 0 Å². The van der Waals surface area contributed by atoms with Crippen LogP contribution in [-0.2, 0) is 6.18 Å². The Labute approximate surface area is 65.0 Å². The van der Waals surface area contributed by atoms with E-state index in [4.69, 9.17) is 0 Å². The molecule has 0 saturated heterocycles. The number of hydrogen-bond acceptors (Lipinski definition) is 2. The average Bonchev–Trinajstić information content (AvgIpc) is 2.30. The van der Waals surface area contributed by atoms with Crippen LogP contribution in [0.5, 0.6) is 0 Å². The lowest BCUT2D eigenvalue weighted by Crippen LogP contribution is -2.09. The highest BCUT2D eigenvalue weighted by Gasteiger charge is 2.35. The molecule has 0 unspecified atom stereocenters. The number of rotatable bonds is 1. The molecular weight excluding hydrogens is 175 g/mol. The first-order valence-electron chi connectivity index (χ1n) is 2.88. The first-order valence-corrected chi connectivity index (χ1v) is 2.88. The SMILES string of the molecule is NC(=O)c1ccc(C(F)(F)F)o1. The molecule has 0 atom stereocenters. The Morgan fingerprint density at radius 1 is 1.42 bits per heavy atom. The number of furan rings is 1. The highest BCUT2D eigenvalue weighted by atomic mass is 19.4. The third-order valence-electron chi connectivity index (χ3n) is 1.13. The highest BCUT2D eigenvalue weighted by molar-refractivity contribution is 5.89. The number of alkyl halides is 3. The van der Waals surface area contributed by atoms with Crippen molar-refractivity contribution in [2.24, 2.45) is 5.73 Å². The van der Waals surface area contributed by atoms with Crippen LogP contribution in [0.4, 0.5) is 13.2 Å². The van der Waals surface area contributed by atoms with Crippen molar-refractivity contribution in [2.75, 3.05) is 0 Å². The summed E-state index contributed by atoms with van der Waals surface area (Å²) < 4.78 is 39.6. The van der Waals surface area contributed by atoms with E-state index in [0.29, 0.717) is 6.07 Å². The van der Waals surface area contributed by atoms with Crippen LogP contribution in [0, 0.1) is 0 Å². The Morgan fingerprint density at radius 3 is 2.25 bits per heavy atom. The number of halogens is 3. The van der Waals surface area contributed by atoms with Gasteiger partial charge in [-0.3, -0.25) is 4.79 Å². The molecule has 1 heterocycles. The Kier molecular flexibility index (Phi) is 1.83. The van der Waals surface area contributed by atoms with Gasteiger partial charge in [0.1, 0.15) is 0 Å². The molecule has 0 fully saturated rings. The summed E-state index contributed by atoms with van der Waals surface area (Å²) in [6, 6.07) is 1.53. The first kappa shape index (κ1) is 8.63. The van der Waals surface area contributed by atoms with Crippen molar-refractivity contribution in [1.29, 1.82) is 0 Å². The van der Waals surface area contributed by atoms with Crippen molar-refractivity contribution in [2.45, 2.75) is 6.18 Å². The molecule has 1 aromatic heterocycles. The van der Waals surface area contributed by atoms with Gasteiger partial charge in [0, 0.05) is 0 Å². The van der Waals surface area contributed by atoms with E-state index in [9.17, 15) is 18.0 Å². The fraction of sp³-hybridized carbons (Fsp3) is 0.167. The molecule has 1 amide bonds. The molecule has 6 heteroatoms. The van der Waals surface area contributed by atoms with Crippen LogP contribution in [-0.4, -0.2) is 5.91 Å². The van der Waals surface area contributed by atoms with Crippen molar-refractivity contribution in [1.82, 2.24) is 0 Å². The van der Waals surface area contributed by atoms with Gasteiger partial charge in [0.05, 0.1) is 0 Å². The zero-order valence-corrected chi connectivity index (χ0v) is 5.68. The molecule has 0 aliphatic rings. The fourth-order valence-electron chi connectivity index (χ4n) is 0.623. The van der Waals surface area contributed by atoms with Crippen LogP contribution in [0.15, 0.2) is 16.5 Å². The zero-order chi connectivity index (χ0) is 9.35. The molecule has 0 spiro atoms. The number of nitrogens with two attached hydrogens (primary N) is 1. The lowest BCUT2D eigenvalue weighted by atomic mass is 10.4. The minimum atomic E-state index is -4.58. The maximum Gasteiger partial charge on any atom is 0.449 e. The van der Waals surface area contributed by atoms with Crippen molar-refractivity contribution >= 4 is 5.91 Å². The molecule has 0 saturated carbocycles. The van der Waals surface area contributed by atoms with Gasteiger partial charge in [0.15, 0.2) is 5.76 Å². The summed E-state index contributed by atoms with van der Waals surface area (Å²) >= 11 is 0. The van der Waals surface area contributed by atoms with Gasteiger partial charge in [-0.15, -0.1) is 0 Å². The predicted octanol–water partition coefficient (Wildman–Crippen LogP) is 1.40. The molecule has 0 aliphatic carbocycles. The molecule has 3 nitrogen and oxygen atoms in total. The predicted molar refractivity (Wildman–Crippen MR) is 32.2 cm³/mol. The molecule has 1 rings (SSSR count). The maximum absolute atomic E-state index is 11.8. The standard InChI is InChI=1S/C6H4F3NO2/c7-6(8,9)4-2-1-3(12-4)5(10)11/h1-2H,(H2,10,11). The van der Waals surface area contributed by atoms with Gasteiger partial charge >= 0.3 is 6.18 Å². The Bertz CT molecular complexity index is 302. The van der Waals surface area contributed by atoms with Crippen molar-refractivity contribution in [3.63, 3.8) is 0 Å². The molecule has 2 N–H and O–H groups in total. The fourth-order valence-corrected chi connectivity index (χ4v) is 0.623. The van der Waals surface area contributed by atoms with E-state index in [1.54, 1.807) is 0 Å². The smallest absolute Gasteiger partial charge is 0.446 e. The lowest BCUT2D eigenvalue weighted by Gasteiger charge is -1.99. The number of carbonyl (C=O) groups excluding carboxylic acids is 1. The van der Waals surface area contributed by atoms with Crippen LogP contribution < -0.4 is 5.73 Å². The summed E-state index contributed by atoms with van der Waals surface area (Å²) in [7, 11) is 0. The normalized spacial score (nSPS) is 11.6. The van der Waals surface area contributed by atoms with Crippen LogP contribution in [0.3, 0.4) is 0 Å². The van der Waals surface area contributed by atoms with E-state index in [0.717, 1.165) is 6.07 Å². The molecule has 0 radical (unpaired) electrons. The number of primary amides is 1. The molecule has 0 aromatic carbocycles. The molecule has 0 aliphatic heterocycles.